The van der Waals surface area contributed by atoms with Crippen molar-refractivity contribution in [1.82, 2.24) is 15.2 Å². The fourth-order valence-corrected chi connectivity index (χ4v) is 2.74. The van der Waals surface area contributed by atoms with Gasteiger partial charge in [0.2, 0.25) is 5.89 Å². The van der Waals surface area contributed by atoms with Crippen molar-refractivity contribution in [2.75, 3.05) is 19.7 Å². The number of carbonyl (C=O) groups is 1. The normalized spacial score (nSPS) is 18.5. The Morgan fingerprint density at radius 3 is 2.83 bits per heavy atom. The molecule has 0 saturated carbocycles. The molecule has 1 fully saturated rings. The molecule has 0 unspecified atom stereocenters. The molecule has 0 aliphatic carbocycles. The number of hydrogen-bond donors (Lipinski definition) is 1. The molecule has 3 rings (SSSR count). The van der Waals surface area contributed by atoms with E-state index in [2.05, 4.69) is 27.3 Å². The lowest BCUT2D eigenvalue weighted by atomic mass is 10.2. The third-order valence-electron chi connectivity index (χ3n) is 4.18. The molecule has 1 atom stereocenters. The number of carbonyl (C=O) groups excluding carboxylic acids is 1. The summed E-state index contributed by atoms with van der Waals surface area (Å²) in [6.45, 7) is 6.83. The van der Waals surface area contributed by atoms with E-state index in [-0.39, 0.29) is 12.5 Å². The molecule has 0 spiro atoms. The van der Waals surface area contributed by atoms with E-state index >= 15 is 0 Å². The largest absolute Gasteiger partial charge is 0.444 e. The Morgan fingerprint density at radius 2 is 2.12 bits per heavy atom. The summed E-state index contributed by atoms with van der Waals surface area (Å²) in [4.78, 5) is 18.8. The number of oxazole rings is 1. The molecule has 6 nitrogen and oxygen atoms in total. The van der Waals surface area contributed by atoms with Gasteiger partial charge in [0.05, 0.1) is 18.8 Å². The van der Waals surface area contributed by atoms with Crippen LogP contribution < -0.4 is 5.32 Å². The Kier molecular flexibility index (Phi) is 5.27. The lowest BCUT2D eigenvalue weighted by molar-refractivity contribution is -0.139. The topological polar surface area (TPSA) is 67.6 Å². The highest BCUT2D eigenvalue weighted by atomic mass is 16.5. The van der Waals surface area contributed by atoms with Crippen LogP contribution in [0.25, 0.3) is 0 Å². The molecule has 24 heavy (non-hydrogen) atoms. The summed E-state index contributed by atoms with van der Waals surface area (Å²) in [5.74, 6) is 1.18. The number of benzene rings is 1. The van der Waals surface area contributed by atoms with Gasteiger partial charge in [0.25, 0.3) is 5.91 Å². The number of aromatic nitrogens is 1. The van der Waals surface area contributed by atoms with Gasteiger partial charge in [-0.25, -0.2) is 4.98 Å². The van der Waals surface area contributed by atoms with Crippen LogP contribution in [0.2, 0.25) is 0 Å². The molecular weight excluding hydrogens is 306 g/mol. The average Bonchev–Trinajstić information content (AvgIpc) is 2.92. The van der Waals surface area contributed by atoms with E-state index in [4.69, 9.17) is 9.15 Å². The average molecular weight is 329 g/mol. The van der Waals surface area contributed by atoms with Crippen LogP contribution in [-0.2, 0) is 22.6 Å². The highest BCUT2D eigenvalue weighted by Crippen LogP contribution is 2.11. The van der Waals surface area contributed by atoms with Crippen LogP contribution in [0.15, 0.2) is 34.7 Å². The summed E-state index contributed by atoms with van der Waals surface area (Å²) in [6.07, 6.45) is -0.459. The predicted octanol–water partition coefficient (Wildman–Crippen LogP) is 1.81. The molecule has 2 heterocycles. The fourth-order valence-electron chi connectivity index (χ4n) is 2.74. The van der Waals surface area contributed by atoms with Crippen LogP contribution in [-0.4, -0.2) is 41.6 Å². The van der Waals surface area contributed by atoms with Crippen molar-refractivity contribution in [2.24, 2.45) is 0 Å². The lowest BCUT2D eigenvalue weighted by Gasteiger charge is -2.32. The molecule has 0 radical (unpaired) electrons. The molecule has 6 heteroatoms. The van der Waals surface area contributed by atoms with Crippen molar-refractivity contribution in [3.8, 4) is 0 Å². The monoisotopic (exact) mass is 329 g/mol. The van der Waals surface area contributed by atoms with Crippen LogP contribution in [0.5, 0.6) is 0 Å². The van der Waals surface area contributed by atoms with Crippen molar-refractivity contribution in [3.05, 3.63) is 53.2 Å². The van der Waals surface area contributed by atoms with Gasteiger partial charge < -0.3 is 14.5 Å². The number of hydrogen-bond acceptors (Lipinski definition) is 5. The predicted molar refractivity (Wildman–Crippen MR) is 89.3 cm³/mol. The Morgan fingerprint density at radius 1 is 1.33 bits per heavy atom. The van der Waals surface area contributed by atoms with E-state index in [1.54, 1.807) is 0 Å². The fraction of sp³-hybridized carbons (Fsp3) is 0.444. The molecular formula is C18H23N3O3. The molecule has 1 N–H and O–H groups in total. The second kappa shape index (κ2) is 7.59. The summed E-state index contributed by atoms with van der Waals surface area (Å²) in [7, 11) is 0. The first-order valence-corrected chi connectivity index (χ1v) is 8.20. The van der Waals surface area contributed by atoms with Crippen LogP contribution in [0.3, 0.4) is 0 Å². The zero-order valence-electron chi connectivity index (χ0n) is 14.1. The molecule has 1 aliphatic heterocycles. The Labute approximate surface area is 141 Å². The smallest absolute Gasteiger partial charge is 0.250 e. The maximum Gasteiger partial charge on any atom is 0.250 e. The molecule has 1 aromatic carbocycles. The number of rotatable bonds is 5. The van der Waals surface area contributed by atoms with Gasteiger partial charge in [0.15, 0.2) is 0 Å². The van der Waals surface area contributed by atoms with Crippen LogP contribution in [0.1, 0.15) is 22.9 Å². The summed E-state index contributed by atoms with van der Waals surface area (Å²) < 4.78 is 11.1. The zero-order chi connectivity index (χ0) is 16.9. The van der Waals surface area contributed by atoms with Gasteiger partial charge in [-0.3, -0.25) is 9.69 Å². The van der Waals surface area contributed by atoms with Gasteiger partial charge in [-0.15, -0.1) is 0 Å². The first kappa shape index (κ1) is 16.7. The molecule has 1 aromatic heterocycles. The lowest BCUT2D eigenvalue weighted by Crippen LogP contribution is -2.49. The number of nitrogens with one attached hydrogen (secondary N) is 1. The van der Waals surface area contributed by atoms with E-state index in [0.29, 0.717) is 19.0 Å². The van der Waals surface area contributed by atoms with Crippen molar-refractivity contribution >= 4 is 5.91 Å². The summed E-state index contributed by atoms with van der Waals surface area (Å²) in [6, 6.07) is 10.3. The molecule has 128 valence electrons. The highest BCUT2D eigenvalue weighted by molar-refractivity contribution is 5.81. The van der Waals surface area contributed by atoms with Gasteiger partial charge in [0.1, 0.15) is 11.9 Å². The van der Waals surface area contributed by atoms with E-state index in [1.807, 2.05) is 32.0 Å². The van der Waals surface area contributed by atoms with Crippen molar-refractivity contribution in [2.45, 2.75) is 33.0 Å². The van der Waals surface area contributed by atoms with E-state index in [0.717, 1.165) is 24.5 Å². The Bertz CT molecular complexity index is 665. The summed E-state index contributed by atoms with van der Waals surface area (Å²) in [5, 5.41) is 2.85. The first-order valence-electron chi connectivity index (χ1n) is 8.20. The number of ether oxygens (including phenoxy) is 1. The van der Waals surface area contributed by atoms with Crippen molar-refractivity contribution in [1.29, 1.82) is 0 Å². The molecule has 0 bridgehead atoms. The number of amides is 1. The molecule has 1 aliphatic rings. The quantitative estimate of drug-likeness (QED) is 0.906. The van der Waals surface area contributed by atoms with Gasteiger partial charge in [-0.05, 0) is 19.4 Å². The van der Waals surface area contributed by atoms with Crippen LogP contribution >= 0.6 is 0 Å². The van der Waals surface area contributed by atoms with Crippen molar-refractivity contribution < 1.29 is 13.9 Å². The van der Waals surface area contributed by atoms with Crippen molar-refractivity contribution in [3.63, 3.8) is 0 Å². The van der Waals surface area contributed by atoms with Crippen LogP contribution in [0, 0.1) is 13.8 Å². The second-order valence-corrected chi connectivity index (χ2v) is 6.05. The number of aryl methyl sites for hydroxylation is 2. The second-order valence-electron chi connectivity index (χ2n) is 6.05. The number of morpholine rings is 1. The van der Waals surface area contributed by atoms with Gasteiger partial charge in [-0.1, -0.05) is 30.3 Å². The minimum atomic E-state index is -0.459. The van der Waals surface area contributed by atoms with E-state index < -0.39 is 6.10 Å². The Hall–Kier alpha value is -2.18. The standard InChI is InChI=1S/C18H23N3O3/c1-13-14(2)24-17(20-13)10-19-18(22)16-12-21(8-9-23-16)11-15-6-4-3-5-7-15/h3-7,16H,8-12H2,1-2H3,(H,19,22)/t16-/m0/s1. The third kappa shape index (κ3) is 4.21. The van der Waals surface area contributed by atoms with Gasteiger partial charge in [0, 0.05) is 19.6 Å². The molecule has 1 amide bonds. The molecule has 1 saturated heterocycles. The molecule has 2 aromatic rings. The van der Waals surface area contributed by atoms with Crippen LogP contribution in [0.4, 0.5) is 0 Å². The number of nitrogens with zero attached hydrogens (tertiary/aromatic N) is 2. The Balaban J connectivity index is 1.51. The summed E-state index contributed by atoms with van der Waals surface area (Å²) in [5.41, 5.74) is 2.09. The maximum absolute atomic E-state index is 12.3. The summed E-state index contributed by atoms with van der Waals surface area (Å²) >= 11 is 0. The van der Waals surface area contributed by atoms with E-state index in [1.165, 1.54) is 5.56 Å². The van der Waals surface area contributed by atoms with Gasteiger partial charge >= 0.3 is 0 Å². The highest BCUT2D eigenvalue weighted by Gasteiger charge is 2.26. The first-order chi connectivity index (χ1) is 11.6. The minimum Gasteiger partial charge on any atom is -0.444 e. The zero-order valence-corrected chi connectivity index (χ0v) is 14.1. The van der Waals surface area contributed by atoms with Gasteiger partial charge in [-0.2, -0.15) is 0 Å². The third-order valence-corrected chi connectivity index (χ3v) is 4.18. The van der Waals surface area contributed by atoms with E-state index in [9.17, 15) is 4.79 Å². The maximum atomic E-state index is 12.3. The minimum absolute atomic E-state index is 0.124. The SMILES string of the molecule is Cc1nc(CNC(=O)[C@@H]2CN(Cc3ccccc3)CCO2)oc1C.